The zero-order valence-corrected chi connectivity index (χ0v) is 11.3. The molecule has 0 saturated heterocycles. The van der Waals surface area contributed by atoms with Crippen molar-refractivity contribution in [1.82, 2.24) is 10.6 Å². The van der Waals surface area contributed by atoms with E-state index in [0.29, 0.717) is 25.7 Å². The van der Waals surface area contributed by atoms with Crippen molar-refractivity contribution in [3.8, 4) is 0 Å². The van der Waals surface area contributed by atoms with Crippen molar-refractivity contribution in [1.29, 1.82) is 0 Å². The van der Waals surface area contributed by atoms with Gasteiger partial charge in [-0.3, -0.25) is 4.79 Å². The molecule has 17 heavy (non-hydrogen) atoms. The van der Waals surface area contributed by atoms with Gasteiger partial charge >= 0.3 is 0 Å². The summed E-state index contributed by atoms with van der Waals surface area (Å²) in [4.78, 5) is 11.6. The van der Waals surface area contributed by atoms with Crippen LogP contribution in [0.25, 0.3) is 0 Å². The van der Waals surface area contributed by atoms with Crippen molar-refractivity contribution in [3.63, 3.8) is 0 Å². The zero-order chi connectivity index (χ0) is 13.1. The monoisotopic (exact) mass is 242 g/mol. The largest absolute Gasteiger partial charge is 0.380 e. The van der Waals surface area contributed by atoms with E-state index < -0.39 is 0 Å². The van der Waals surface area contributed by atoms with E-state index in [0.717, 1.165) is 13.0 Å². The van der Waals surface area contributed by atoms with Crippen molar-refractivity contribution < 1.29 is 9.53 Å². The second kappa shape index (κ2) is 10.3. The highest BCUT2D eigenvalue weighted by molar-refractivity contribution is 5.81. The molecule has 1 unspecified atom stereocenters. The van der Waals surface area contributed by atoms with Crippen LogP contribution in [0.3, 0.4) is 0 Å². The molecule has 0 spiro atoms. The fourth-order valence-corrected chi connectivity index (χ4v) is 1.17. The van der Waals surface area contributed by atoms with E-state index in [1.807, 2.05) is 13.0 Å². The van der Waals surface area contributed by atoms with Crippen LogP contribution in [0.2, 0.25) is 0 Å². The molecule has 0 saturated carbocycles. The molecule has 100 valence electrons. The van der Waals surface area contributed by atoms with Crippen LogP contribution in [-0.2, 0) is 9.53 Å². The fraction of sp³-hybridized carbons (Fsp3) is 0.769. The van der Waals surface area contributed by atoms with Gasteiger partial charge in [0.2, 0.25) is 5.91 Å². The summed E-state index contributed by atoms with van der Waals surface area (Å²) in [5.41, 5.74) is 0. The zero-order valence-electron chi connectivity index (χ0n) is 11.3. The lowest BCUT2D eigenvalue weighted by Crippen LogP contribution is -2.44. The molecule has 0 aliphatic carbocycles. The van der Waals surface area contributed by atoms with Gasteiger partial charge in [-0.2, -0.15) is 0 Å². The average molecular weight is 242 g/mol. The summed E-state index contributed by atoms with van der Waals surface area (Å²) in [6.45, 7) is 12.4. The Bertz CT molecular complexity index is 217. The van der Waals surface area contributed by atoms with E-state index in [1.165, 1.54) is 0 Å². The lowest BCUT2D eigenvalue weighted by molar-refractivity contribution is -0.122. The number of ether oxygens (including phenoxy) is 1. The van der Waals surface area contributed by atoms with Crippen LogP contribution in [0.1, 0.15) is 27.2 Å². The van der Waals surface area contributed by atoms with Gasteiger partial charge in [-0.1, -0.05) is 19.9 Å². The number of amides is 1. The highest BCUT2D eigenvalue weighted by Crippen LogP contribution is 1.89. The molecule has 2 N–H and O–H groups in total. The normalized spacial score (nSPS) is 12.5. The first-order valence-electron chi connectivity index (χ1n) is 6.27. The van der Waals surface area contributed by atoms with Crippen LogP contribution in [-0.4, -0.2) is 38.3 Å². The Morgan fingerprint density at radius 2 is 2.06 bits per heavy atom. The predicted molar refractivity (Wildman–Crippen MR) is 70.9 cm³/mol. The second-order valence-electron chi connectivity index (χ2n) is 4.50. The first-order chi connectivity index (χ1) is 8.07. The smallest absolute Gasteiger partial charge is 0.236 e. The third kappa shape index (κ3) is 10.0. The Labute approximate surface area is 105 Å². The topological polar surface area (TPSA) is 50.4 Å². The summed E-state index contributed by atoms with van der Waals surface area (Å²) in [5.74, 6) is 0.526. The standard InChI is InChI=1S/C13H26N2O2/c1-5-6-8-17-9-7-14-12(4)13(16)15-10-11(2)3/h5,11-12,14H,1,6-10H2,2-4H3,(H,15,16). The lowest BCUT2D eigenvalue weighted by Gasteiger charge is -2.15. The van der Waals surface area contributed by atoms with Gasteiger partial charge in [-0.15, -0.1) is 6.58 Å². The number of carbonyl (C=O) groups excluding carboxylic acids is 1. The summed E-state index contributed by atoms with van der Waals surface area (Å²) in [5, 5.41) is 6.01. The highest BCUT2D eigenvalue weighted by atomic mass is 16.5. The Balaban J connectivity index is 3.47. The van der Waals surface area contributed by atoms with Gasteiger partial charge in [0, 0.05) is 13.1 Å². The molecular weight excluding hydrogens is 216 g/mol. The van der Waals surface area contributed by atoms with Gasteiger partial charge in [-0.05, 0) is 19.3 Å². The third-order valence-electron chi connectivity index (χ3n) is 2.24. The third-order valence-corrected chi connectivity index (χ3v) is 2.24. The minimum Gasteiger partial charge on any atom is -0.380 e. The van der Waals surface area contributed by atoms with Crippen molar-refractivity contribution in [3.05, 3.63) is 12.7 Å². The van der Waals surface area contributed by atoms with Crippen LogP contribution >= 0.6 is 0 Å². The molecule has 0 rings (SSSR count). The molecule has 0 aliphatic heterocycles. The molecule has 1 amide bonds. The second-order valence-corrected chi connectivity index (χ2v) is 4.50. The fourth-order valence-electron chi connectivity index (χ4n) is 1.17. The van der Waals surface area contributed by atoms with E-state index in [-0.39, 0.29) is 11.9 Å². The Morgan fingerprint density at radius 1 is 1.35 bits per heavy atom. The minimum atomic E-state index is -0.170. The van der Waals surface area contributed by atoms with Crippen molar-refractivity contribution >= 4 is 5.91 Å². The molecule has 1 atom stereocenters. The maximum atomic E-state index is 11.6. The molecule has 0 fully saturated rings. The minimum absolute atomic E-state index is 0.0461. The molecule has 4 heteroatoms. The van der Waals surface area contributed by atoms with E-state index >= 15 is 0 Å². The van der Waals surface area contributed by atoms with E-state index in [2.05, 4.69) is 31.1 Å². The Morgan fingerprint density at radius 3 is 2.65 bits per heavy atom. The number of nitrogens with one attached hydrogen (secondary N) is 2. The van der Waals surface area contributed by atoms with E-state index in [9.17, 15) is 4.79 Å². The SMILES string of the molecule is C=CCCOCCNC(C)C(=O)NCC(C)C. The molecule has 0 aromatic heterocycles. The maximum Gasteiger partial charge on any atom is 0.236 e. The number of hydrogen-bond acceptors (Lipinski definition) is 3. The maximum absolute atomic E-state index is 11.6. The van der Waals surface area contributed by atoms with E-state index in [1.54, 1.807) is 0 Å². The summed E-state index contributed by atoms with van der Waals surface area (Å²) < 4.78 is 5.34. The molecule has 4 nitrogen and oxygen atoms in total. The van der Waals surface area contributed by atoms with Gasteiger partial charge < -0.3 is 15.4 Å². The summed E-state index contributed by atoms with van der Waals surface area (Å²) in [7, 11) is 0. The van der Waals surface area contributed by atoms with Gasteiger partial charge in [0.1, 0.15) is 0 Å². The molecular formula is C13H26N2O2. The average Bonchev–Trinajstić information content (AvgIpc) is 2.30. The molecule has 0 aromatic rings. The predicted octanol–water partition coefficient (Wildman–Crippen LogP) is 1.33. The molecule has 0 aromatic carbocycles. The highest BCUT2D eigenvalue weighted by Gasteiger charge is 2.11. The van der Waals surface area contributed by atoms with Crippen LogP contribution in [0.4, 0.5) is 0 Å². The van der Waals surface area contributed by atoms with Crippen molar-refractivity contribution in [2.75, 3.05) is 26.3 Å². The van der Waals surface area contributed by atoms with E-state index in [4.69, 9.17) is 4.74 Å². The molecule has 0 heterocycles. The first-order valence-corrected chi connectivity index (χ1v) is 6.27. The summed E-state index contributed by atoms with van der Waals surface area (Å²) in [6, 6.07) is -0.170. The van der Waals surface area contributed by atoms with Crippen molar-refractivity contribution in [2.45, 2.75) is 33.2 Å². The van der Waals surface area contributed by atoms with Gasteiger partial charge in [0.05, 0.1) is 19.3 Å². The van der Waals surface area contributed by atoms with Crippen molar-refractivity contribution in [2.24, 2.45) is 5.92 Å². The molecule has 0 aliphatic rings. The number of carbonyl (C=O) groups is 1. The van der Waals surface area contributed by atoms with Crippen LogP contribution < -0.4 is 10.6 Å². The lowest BCUT2D eigenvalue weighted by atomic mass is 10.2. The van der Waals surface area contributed by atoms with Crippen LogP contribution in [0.5, 0.6) is 0 Å². The molecule has 0 radical (unpaired) electrons. The Kier molecular flexibility index (Phi) is 9.77. The van der Waals surface area contributed by atoms with Crippen LogP contribution in [0.15, 0.2) is 12.7 Å². The van der Waals surface area contributed by atoms with Crippen LogP contribution in [0, 0.1) is 5.92 Å². The summed E-state index contributed by atoms with van der Waals surface area (Å²) >= 11 is 0. The quantitative estimate of drug-likeness (QED) is 0.449. The summed E-state index contributed by atoms with van der Waals surface area (Å²) in [6.07, 6.45) is 2.69. The number of hydrogen-bond donors (Lipinski definition) is 2. The Hall–Kier alpha value is -0.870. The number of rotatable bonds is 10. The first kappa shape index (κ1) is 16.1. The van der Waals surface area contributed by atoms with Gasteiger partial charge in [0.25, 0.3) is 0 Å². The van der Waals surface area contributed by atoms with Gasteiger partial charge in [0.15, 0.2) is 0 Å². The van der Waals surface area contributed by atoms with Gasteiger partial charge in [-0.25, -0.2) is 0 Å². The molecule has 0 bridgehead atoms.